The van der Waals surface area contributed by atoms with Crippen LogP contribution in [0.25, 0.3) is 0 Å². The van der Waals surface area contributed by atoms with Crippen molar-refractivity contribution < 1.29 is 0 Å². The number of anilines is 2. The van der Waals surface area contributed by atoms with E-state index in [1.807, 2.05) is 0 Å². The zero-order valence-electron chi connectivity index (χ0n) is 10.1. The molecule has 1 aromatic rings. The van der Waals surface area contributed by atoms with Crippen molar-refractivity contribution in [1.29, 1.82) is 0 Å². The molecule has 0 amide bonds. The van der Waals surface area contributed by atoms with Crippen molar-refractivity contribution in [3.8, 4) is 0 Å². The van der Waals surface area contributed by atoms with Gasteiger partial charge in [-0.3, -0.25) is 0 Å². The van der Waals surface area contributed by atoms with Crippen molar-refractivity contribution in [2.45, 2.75) is 51.6 Å². The van der Waals surface area contributed by atoms with Gasteiger partial charge in [0.2, 0.25) is 0 Å². The van der Waals surface area contributed by atoms with E-state index in [-0.39, 0.29) is 0 Å². The summed E-state index contributed by atoms with van der Waals surface area (Å²) < 4.78 is 2.09. The Hall–Kier alpha value is -1.19. The molecule has 0 radical (unpaired) electrons. The molecule has 16 heavy (non-hydrogen) atoms. The lowest BCUT2D eigenvalue weighted by Crippen LogP contribution is -2.45. The Balaban J connectivity index is 2.00. The number of nitrogens with one attached hydrogen (secondary N) is 2. The van der Waals surface area contributed by atoms with E-state index in [0.29, 0.717) is 5.54 Å². The van der Waals surface area contributed by atoms with Gasteiger partial charge in [0.1, 0.15) is 11.5 Å². The van der Waals surface area contributed by atoms with Gasteiger partial charge in [-0.2, -0.15) is 5.10 Å². The summed E-state index contributed by atoms with van der Waals surface area (Å²) in [7, 11) is 0. The Morgan fingerprint density at radius 1 is 1.38 bits per heavy atom. The van der Waals surface area contributed by atoms with Gasteiger partial charge < -0.3 is 10.6 Å². The third-order valence-electron chi connectivity index (χ3n) is 4.03. The van der Waals surface area contributed by atoms with Crippen LogP contribution in [0.4, 0.5) is 11.5 Å². The molecule has 4 heteroatoms. The molecular formula is C12H20N4. The van der Waals surface area contributed by atoms with Crippen LogP contribution < -0.4 is 10.6 Å². The minimum Gasteiger partial charge on any atom is -0.380 e. The summed E-state index contributed by atoms with van der Waals surface area (Å²) in [5.41, 5.74) is 2.68. The van der Waals surface area contributed by atoms with Crippen molar-refractivity contribution >= 4 is 11.5 Å². The molecule has 2 heterocycles. The van der Waals surface area contributed by atoms with Gasteiger partial charge in [0.15, 0.2) is 0 Å². The smallest absolute Gasteiger partial charge is 0.148 e. The molecule has 0 unspecified atom stereocenters. The van der Waals surface area contributed by atoms with Gasteiger partial charge in [0, 0.05) is 18.6 Å². The molecule has 1 aliphatic heterocycles. The molecule has 1 saturated carbocycles. The maximum absolute atomic E-state index is 4.57. The van der Waals surface area contributed by atoms with Gasteiger partial charge >= 0.3 is 0 Å². The van der Waals surface area contributed by atoms with E-state index in [2.05, 4.69) is 34.3 Å². The quantitative estimate of drug-likeness (QED) is 0.763. The van der Waals surface area contributed by atoms with Gasteiger partial charge in [-0.1, -0.05) is 0 Å². The van der Waals surface area contributed by atoms with Crippen LogP contribution in [0.15, 0.2) is 0 Å². The lowest BCUT2D eigenvalue weighted by Gasteiger charge is -2.42. The third kappa shape index (κ3) is 1.32. The normalized spacial score (nSPS) is 21.6. The molecule has 1 aromatic heterocycles. The summed E-state index contributed by atoms with van der Waals surface area (Å²) in [5, 5.41) is 11.8. The number of fused-ring (bicyclic) bond motifs is 1. The third-order valence-corrected chi connectivity index (χ3v) is 4.03. The molecule has 4 nitrogen and oxygen atoms in total. The van der Waals surface area contributed by atoms with E-state index >= 15 is 0 Å². The predicted octanol–water partition coefficient (Wildman–Crippen LogP) is 2.36. The molecule has 0 atom stereocenters. The second kappa shape index (κ2) is 3.40. The Labute approximate surface area is 96.4 Å². The van der Waals surface area contributed by atoms with Crippen LogP contribution in [-0.4, -0.2) is 21.9 Å². The van der Waals surface area contributed by atoms with E-state index in [0.717, 1.165) is 18.8 Å². The van der Waals surface area contributed by atoms with E-state index in [9.17, 15) is 0 Å². The van der Waals surface area contributed by atoms with Crippen molar-refractivity contribution in [2.75, 3.05) is 17.2 Å². The Bertz CT molecular complexity index is 403. The number of rotatable bonds is 1. The lowest BCUT2D eigenvalue weighted by atomic mass is 9.74. The van der Waals surface area contributed by atoms with Crippen LogP contribution in [0, 0.1) is 6.92 Å². The van der Waals surface area contributed by atoms with Crippen LogP contribution >= 0.6 is 0 Å². The monoisotopic (exact) mass is 220 g/mol. The Kier molecular flexibility index (Phi) is 2.13. The van der Waals surface area contributed by atoms with Crippen LogP contribution in [0.2, 0.25) is 0 Å². The average Bonchev–Trinajstić information content (AvgIpc) is 2.45. The number of hydrogen-bond acceptors (Lipinski definition) is 3. The maximum atomic E-state index is 4.57. The van der Waals surface area contributed by atoms with E-state index < -0.39 is 0 Å². The summed E-state index contributed by atoms with van der Waals surface area (Å²) in [4.78, 5) is 0. The summed E-state index contributed by atoms with van der Waals surface area (Å²) in [6, 6.07) is 0. The molecule has 2 N–H and O–H groups in total. The summed E-state index contributed by atoms with van der Waals surface area (Å²) >= 11 is 0. The first kappa shape index (κ1) is 10.00. The van der Waals surface area contributed by atoms with Crippen molar-refractivity contribution in [2.24, 2.45) is 0 Å². The highest BCUT2D eigenvalue weighted by atomic mass is 15.4. The number of nitrogens with zero attached hydrogens (tertiary/aromatic N) is 2. The van der Waals surface area contributed by atoms with Crippen molar-refractivity contribution in [3.63, 3.8) is 0 Å². The Morgan fingerprint density at radius 2 is 2.19 bits per heavy atom. The molecule has 1 aliphatic carbocycles. The van der Waals surface area contributed by atoms with E-state index in [1.54, 1.807) is 0 Å². The molecular weight excluding hydrogens is 200 g/mol. The van der Waals surface area contributed by atoms with Gasteiger partial charge in [-0.25, -0.2) is 4.68 Å². The summed E-state index contributed by atoms with van der Waals surface area (Å²) in [5.74, 6) is 1.21. The molecule has 0 saturated heterocycles. The van der Waals surface area contributed by atoms with Crippen molar-refractivity contribution in [3.05, 3.63) is 5.69 Å². The maximum Gasteiger partial charge on any atom is 0.148 e. The predicted molar refractivity (Wildman–Crippen MR) is 65.9 cm³/mol. The molecule has 3 rings (SSSR count). The summed E-state index contributed by atoms with van der Waals surface area (Å²) in [6.07, 6.45) is 5.20. The van der Waals surface area contributed by atoms with Crippen LogP contribution in [-0.2, 0) is 6.54 Å². The molecule has 0 aromatic carbocycles. The highest BCUT2D eigenvalue weighted by molar-refractivity contribution is 5.70. The summed E-state index contributed by atoms with van der Waals surface area (Å²) in [6.45, 7) is 6.22. The largest absolute Gasteiger partial charge is 0.380 e. The molecule has 2 aliphatic rings. The highest BCUT2D eigenvalue weighted by Crippen LogP contribution is 2.42. The standard InChI is InChI=1S/C12H20N4/c1-3-16-11-10(9(2)15-16)13-8-7-12(14-11)5-4-6-12/h13-14H,3-8H2,1-2H3. The van der Waals surface area contributed by atoms with Crippen LogP contribution in [0.3, 0.4) is 0 Å². The van der Waals surface area contributed by atoms with Crippen LogP contribution in [0.1, 0.15) is 38.3 Å². The zero-order chi connectivity index (χ0) is 11.2. The number of hydrogen-bond donors (Lipinski definition) is 2. The van der Waals surface area contributed by atoms with Gasteiger partial charge in [-0.15, -0.1) is 0 Å². The number of aryl methyl sites for hydroxylation is 2. The fraction of sp³-hybridized carbons (Fsp3) is 0.750. The van der Waals surface area contributed by atoms with E-state index in [4.69, 9.17) is 0 Å². The van der Waals surface area contributed by atoms with Crippen LogP contribution in [0.5, 0.6) is 0 Å². The minimum absolute atomic E-state index is 0.359. The first-order valence-corrected chi connectivity index (χ1v) is 6.33. The number of aromatic nitrogens is 2. The second-order valence-electron chi connectivity index (χ2n) is 5.06. The molecule has 0 bridgehead atoms. The first-order chi connectivity index (χ1) is 7.74. The average molecular weight is 220 g/mol. The van der Waals surface area contributed by atoms with E-state index in [1.165, 1.54) is 37.2 Å². The fourth-order valence-corrected chi connectivity index (χ4v) is 2.87. The first-order valence-electron chi connectivity index (χ1n) is 6.33. The zero-order valence-corrected chi connectivity index (χ0v) is 10.1. The Morgan fingerprint density at radius 3 is 2.81 bits per heavy atom. The highest BCUT2D eigenvalue weighted by Gasteiger charge is 2.39. The van der Waals surface area contributed by atoms with Gasteiger partial charge in [-0.05, 0) is 39.5 Å². The van der Waals surface area contributed by atoms with Gasteiger partial charge in [0.25, 0.3) is 0 Å². The molecule has 1 spiro atoms. The van der Waals surface area contributed by atoms with Crippen molar-refractivity contribution in [1.82, 2.24) is 9.78 Å². The second-order valence-corrected chi connectivity index (χ2v) is 5.06. The lowest BCUT2D eigenvalue weighted by molar-refractivity contribution is 0.266. The van der Waals surface area contributed by atoms with Gasteiger partial charge in [0.05, 0.1) is 5.69 Å². The molecule has 1 fully saturated rings. The topological polar surface area (TPSA) is 41.9 Å². The minimum atomic E-state index is 0.359. The fourth-order valence-electron chi connectivity index (χ4n) is 2.87. The SMILES string of the molecule is CCn1nc(C)c2c1NC1(CCC1)CCN2. The molecule has 88 valence electrons.